The number of carbonyl (C=O) groups excluding carboxylic acids is 2. The van der Waals surface area contributed by atoms with Crippen LogP contribution < -0.4 is 0 Å². The van der Waals surface area contributed by atoms with Crippen molar-refractivity contribution in [1.29, 1.82) is 0 Å². The van der Waals surface area contributed by atoms with Crippen LogP contribution in [-0.4, -0.2) is 70.4 Å². The Morgan fingerprint density at radius 1 is 0.860 bits per heavy atom. The Bertz CT molecular complexity index is 2200. The standard InChI is InChI=1S/C41H38Cl2F6N4O4/c42-32-8-7-28(23-33(32)43)39(12-16-52(25-39)38(55)27-20-29(40(44,45)46)22-30(21-27)41(47,48)49)11-15-51-13-9-26(10-14-51)36(54)37-50-34-5-1-2-6-35(34)53(37)17-19-56-24-31-4-3-18-57-31/h1-8,18,20-23,26H,9-17,19,24-25H2. The van der Waals surface area contributed by atoms with Gasteiger partial charge in [-0.1, -0.05) is 41.4 Å². The number of nitrogens with zero attached hydrogens (tertiary/aromatic N) is 4. The van der Waals surface area contributed by atoms with Crippen molar-refractivity contribution in [2.75, 3.05) is 39.3 Å². The molecule has 0 aliphatic carbocycles. The Balaban J connectivity index is 1.04. The van der Waals surface area contributed by atoms with E-state index in [0.29, 0.717) is 93.8 Å². The summed E-state index contributed by atoms with van der Waals surface area (Å²) < 4.78 is 94.9. The van der Waals surface area contributed by atoms with Gasteiger partial charge in [0.1, 0.15) is 12.4 Å². The summed E-state index contributed by atoms with van der Waals surface area (Å²) in [6.45, 7) is 2.98. The second-order valence-corrected chi connectivity index (χ2v) is 15.4. The zero-order valence-electron chi connectivity index (χ0n) is 30.5. The number of fused-ring (bicyclic) bond motifs is 1. The van der Waals surface area contributed by atoms with Gasteiger partial charge in [-0.2, -0.15) is 26.3 Å². The average Bonchev–Trinajstić information content (AvgIpc) is 3.96. The van der Waals surface area contributed by atoms with Gasteiger partial charge >= 0.3 is 12.4 Å². The van der Waals surface area contributed by atoms with Crippen molar-refractivity contribution in [3.63, 3.8) is 0 Å². The van der Waals surface area contributed by atoms with Crippen molar-refractivity contribution in [2.24, 2.45) is 5.92 Å². The van der Waals surface area contributed by atoms with Gasteiger partial charge < -0.3 is 23.5 Å². The van der Waals surface area contributed by atoms with Crippen LogP contribution in [0.25, 0.3) is 11.0 Å². The summed E-state index contributed by atoms with van der Waals surface area (Å²) in [4.78, 5) is 35.9. The highest BCUT2D eigenvalue weighted by molar-refractivity contribution is 6.42. The SMILES string of the molecule is O=C(c1nc2ccccc2n1CCOCc1ccco1)C1CCN(CCC2(c3ccc(Cl)c(Cl)c3)CCN(C(=O)c3cc(C(F)(F)F)cc(C(F)(F)F)c3)C2)CC1. The lowest BCUT2D eigenvalue weighted by molar-refractivity contribution is -0.143. The van der Waals surface area contributed by atoms with Crippen LogP contribution in [0.5, 0.6) is 0 Å². The highest BCUT2D eigenvalue weighted by atomic mass is 35.5. The third-order valence-corrected chi connectivity index (χ3v) is 11.8. The van der Waals surface area contributed by atoms with E-state index in [-0.39, 0.29) is 35.9 Å². The Hall–Kier alpha value is -4.37. The van der Waals surface area contributed by atoms with E-state index in [1.54, 1.807) is 30.5 Å². The third kappa shape index (κ3) is 9.04. The van der Waals surface area contributed by atoms with Gasteiger partial charge in [-0.15, -0.1) is 0 Å². The van der Waals surface area contributed by atoms with Crippen LogP contribution in [0, 0.1) is 5.92 Å². The predicted octanol–water partition coefficient (Wildman–Crippen LogP) is 9.96. The number of rotatable bonds is 12. The van der Waals surface area contributed by atoms with E-state index >= 15 is 0 Å². The molecule has 7 rings (SSSR count). The van der Waals surface area contributed by atoms with Crippen LogP contribution in [0.3, 0.4) is 0 Å². The summed E-state index contributed by atoms with van der Waals surface area (Å²) in [6, 6.07) is 17.2. The molecule has 57 heavy (non-hydrogen) atoms. The number of aromatic nitrogens is 2. The maximum Gasteiger partial charge on any atom is 0.416 e. The van der Waals surface area contributed by atoms with Crippen molar-refractivity contribution in [3.8, 4) is 0 Å². The molecule has 3 aromatic carbocycles. The first-order chi connectivity index (χ1) is 27.1. The number of carbonyl (C=O) groups is 2. The zero-order chi connectivity index (χ0) is 40.5. The number of likely N-dealkylation sites (tertiary alicyclic amines) is 2. The number of para-hydroxylation sites is 2. The number of benzene rings is 3. The molecule has 4 heterocycles. The predicted molar refractivity (Wildman–Crippen MR) is 201 cm³/mol. The number of imidazole rings is 1. The van der Waals surface area contributed by atoms with Crippen LogP contribution >= 0.6 is 23.2 Å². The highest BCUT2D eigenvalue weighted by Gasteiger charge is 2.44. The largest absolute Gasteiger partial charge is 0.467 e. The first kappa shape index (κ1) is 40.8. The Morgan fingerprint density at radius 2 is 1.58 bits per heavy atom. The van der Waals surface area contributed by atoms with Crippen molar-refractivity contribution in [2.45, 2.75) is 56.6 Å². The highest BCUT2D eigenvalue weighted by Crippen LogP contribution is 2.42. The molecule has 2 fully saturated rings. The summed E-state index contributed by atoms with van der Waals surface area (Å²) in [7, 11) is 0. The molecular formula is C41H38Cl2F6N4O4. The average molecular weight is 836 g/mol. The molecule has 5 aromatic rings. The molecule has 8 nitrogen and oxygen atoms in total. The quantitative estimate of drug-likeness (QED) is 0.0708. The van der Waals surface area contributed by atoms with Crippen LogP contribution in [-0.2, 0) is 35.7 Å². The number of piperidine rings is 1. The molecule has 1 unspecified atom stereocenters. The minimum atomic E-state index is -5.09. The normalized spacial score (nSPS) is 18.5. The molecule has 0 bridgehead atoms. The fraction of sp³-hybridized carbons (Fsp3) is 0.390. The minimum Gasteiger partial charge on any atom is -0.467 e. The number of Topliss-reactive ketones (excluding diaryl/α,β-unsaturated/α-hetero) is 1. The zero-order valence-corrected chi connectivity index (χ0v) is 32.0. The van der Waals surface area contributed by atoms with Crippen LogP contribution in [0.4, 0.5) is 26.3 Å². The van der Waals surface area contributed by atoms with Gasteiger partial charge in [0, 0.05) is 36.5 Å². The van der Waals surface area contributed by atoms with E-state index in [1.807, 2.05) is 34.9 Å². The maximum atomic E-state index is 14.0. The molecule has 0 spiro atoms. The summed E-state index contributed by atoms with van der Waals surface area (Å²) in [5.74, 6) is -0.152. The second-order valence-electron chi connectivity index (χ2n) is 14.6. The number of alkyl halides is 6. The van der Waals surface area contributed by atoms with Crippen molar-refractivity contribution in [1.82, 2.24) is 19.4 Å². The van der Waals surface area contributed by atoms with Crippen LogP contribution in [0.15, 0.2) is 83.5 Å². The van der Waals surface area contributed by atoms with Crippen LogP contribution in [0.2, 0.25) is 10.0 Å². The van der Waals surface area contributed by atoms with E-state index in [2.05, 4.69) is 4.90 Å². The van der Waals surface area contributed by atoms with Crippen molar-refractivity contribution in [3.05, 3.63) is 123 Å². The molecule has 302 valence electrons. The number of hydrogen-bond donors (Lipinski definition) is 0. The number of ketones is 1. The first-order valence-corrected chi connectivity index (χ1v) is 19.2. The summed E-state index contributed by atoms with van der Waals surface area (Å²) in [5.41, 5.74) is -2.21. The number of halogens is 8. The van der Waals surface area contributed by atoms with E-state index in [1.165, 1.54) is 4.90 Å². The van der Waals surface area contributed by atoms with Gasteiger partial charge in [-0.05, 0) is 105 Å². The van der Waals surface area contributed by atoms with Gasteiger partial charge in [0.25, 0.3) is 5.91 Å². The lowest BCUT2D eigenvalue weighted by Gasteiger charge is -2.36. The van der Waals surface area contributed by atoms with Crippen LogP contribution in [0.1, 0.15) is 69.1 Å². The van der Waals surface area contributed by atoms with Gasteiger partial charge in [-0.25, -0.2) is 4.98 Å². The van der Waals surface area contributed by atoms with Crippen molar-refractivity contribution >= 4 is 45.9 Å². The molecule has 2 aliphatic rings. The molecular weight excluding hydrogens is 797 g/mol. The fourth-order valence-electron chi connectivity index (χ4n) is 7.90. The second kappa shape index (κ2) is 16.5. The Kier molecular flexibility index (Phi) is 11.8. The monoisotopic (exact) mass is 834 g/mol. The molecule has 1 amide bonds. The van der Waals surface area contributed by atoms with Crippen molar-refractivity contribution < 1.29 is 45.1 Å². The number of amides is 1. The molecule has 2 saturated heterocycles. The Morgan fingerprint density at radius 3 is 2.25 bits per heavy atom. The molecule has 0 radical (unpaired) electrons. The van der Waals surface area contributed by atoms with Gasteiger partial charge in [-0.3, -0.25) is 9.59 Å². The topological polar surface area (TPSA) is 80.8 Å². The van der Waals surface area contributed by atoms with E-state index in [9.17, 15) is 35.9 Å². The van der Waals surface area contributed by atoms with Gasteiger partial charge in [0.05, 0.1) is 45.1 Å². The van der Waals surface area contributed by atoms with E-state index in [0.717, 1.165) is 16.6 Å². The summed E-state index contributed by atoms with van der Waals surface area (Å²) in [6.07, 6.45) is -6.55. The third-order valence-electron chi connectivity index (χ3n) is 11.0. The minimum absolute atomic E-state index is 0.00803. The smallest absolute Gasteiger partial charge is 0.416 e. The Labute approximate surface area is 334 Å². The number of furan rings is 1. The maximum absolute atomic E-state index is 14.0. The lowest BCUT2D eigenvalue weighted by atomic mass is 9.76. The summed E-state index contributed by atoms with van der Waals surface area (Å²) in [5, 5.41) is 0.590. The molecule has 1 atom stereocenters. The van der Waals surface area contributed by atoms with E-state index < -0.39 is 40.4 Å². The van der Waals surface area contributed by atoms with E-state index in [4.69, 9.17) is 37.3 Å². The molecule has 0 N–H and O–H groups in total. The lowest BCUT2D eigenvalue weighted by Crippen LogP contribution is -2.41. The number of hydrogen-bond acceptors (Lipinski definition) is 6. The van der Waals surface area contributed by atoms with Gasteiger partial charge in [0.2, 0.25) is 5.78 Å². The molecule has 16 heteroatoms. The first-order valence-electron chi connectivity index (χ1n) is 18.5. The molecule has 2 aromatic heterocycles. The molecule has 0 saturated carbocycles. The van der Waals surface area contributed by atoms with Gasteiger partial charge in [0.15, 0.2) is 5.82 Å². The summed E-state index contributed by atoms with van der Waals surface area (Å²) >= 11 is 12.7. The fourth-order valence-corrected chi connectivity index (χ4v) is 8.20. The number of ether oxygens (including phenoxy) is 1. The molecule has 2 aliphatic heterocycles.